The monoisotopic (exact) mass is 663 g/mol. The van der Waals surface area contributed by atoms with Gasteiger partial charge in [-0.05, 0) is 155 Å². The minimum atomic E-state index is 0.101. The van der Waals surface area contributed by atoms with Gasteiger partial charge < -0.3 is 4.90 Å². The smallest absolute Gasteiger partial charge is 0.0468 e. The van der Waals surface area contributed by atoms with Gasteiger partial charge in [-0.2, -0.15) is 0 Å². The van der Waals surface area contributed by atoms with E-state index < -0.39 is 0 Å². The predicted molar refractivity (Wildman–Crippen MR) is 222 cm³/mol. The number of fused-ring (bicyclic) bond motifs is 6. The van der Waals surface area contributed by atoms with Gasteiger partial charge in [-0.1, -0.05) is 129 Å². The van der Waals surface area contributed by atoms with E-state index in [1.807, 2.05) is 0 Å². The van der Waals surface area contributed by atoms with E-state index in [0.717, 1.165) is 17.1 Å². The zero-order chi connectivity index (χ0) is 35.9. The molecule has 1 heteroatoms. The number of hydrogen-bond donors (Lipinski definition) is 0. The van der Waals surface area contributed by atoms with Crippen molar-refractivity contribution in [3.8, 4) is 33.4 Å². The van der Waals surface area contributed by atoms with Crippen molar-refractivity contribution in [2.24, 2.45) is 0 Å². The Bertz CT molecular complexity index is 2370. The van der Waals surface area contributed by atoms with Crippen molar-refractivity contribution in [2.75, 3.05) is 4.90 Å². The topological polar surface area (TPSA) is 3.24 Å². The Morgan fingerprint density at radius 3 is 1.06 bits per heavy atom. The van der Waals surface area contributed by atoms with Crippen molar-refractivity contribution < 1.29 is 0 Å². The highest BCUT2D eigenvalue weighted by Gasteiger charge is 2.25. The van der Waals surface area contributed by atoms with E-state index in [1.54, 1.807) is 0 Å². The minimum absolute atomic E-state index is 0.101. The van der Waals surface area contributed by atoms with Crippen molar-refractivity contribution >= 4 is 38.6 Å². The van der Waals surface area contributed by atoms with Gasteiger partial charge in [0.1, 0.15) is 0 Å². The maximum Gasteiger partial charge on any atom is 0.0468 e. The molecule has 0 saturated carbocycles. The second-order valence-corrected chi connectivity index (χ2v) is 17.6. The Labute approximate surface area is 304 Å². The van der Waals surface area contributed by atoms with Crippen LogP contribution in [0.4, 0.5) is 17.1 Å². The molecule has 1 aliphatic carbocycles. The highest BCUT2D eigenvalue weighted by atomic mass is 15.1. The van der Waals surface area contributed by atoms with Gasteiger partial charge in [0.25, 0.3) is 0 Å². The molecule has 0 bridgehead atoms. The Balaban J connectivity index is 1.18. The van der Waals surface area contributed by atoms with Crippen LogP contribution in [0.25, 0.3) is 54.9 Å². The lowest BCUT2D eigenvalue weighted by molar-refractivity contribution is 0.590. The van der Waals surface area contributed by atoms with Crippen LogP contribution >= 0.6 is 0 Å². The van der Waals surface area contributed by atoms with Gasteiger partial charge in [-0.15, -0.1) is 0 Å². The highest BCUT2D eigenvalue weighted by Crippen LogP contribution is 2.51. The molecule has 8 rings (SSSR count). The van der Waals surface area contributed by atoms with E-state index in [4.69, 9.17) is 0 Å². The third-order valence-electron chi connectivity index (χ3n) is 10.8. The summed E-state index contributed by atoms with van der Waals surface area (Å²) in [4.78, 5) is 2.40. The molecule has 0 heterocycles. The van der Waals surface area contributed by atoms with E-state index in [0.29, 0.717) is 0 Å². The second-order valence-electron chi connectivity index (χ2n) is 17.6. The van der Waals surface area contributed by atoms with Crippen molar-refractivity contribution in [1.82, 2.24) is 0 Å². The van der Waals surface area contributed by atoms with Crippen LogP contribution in [0.15, 0.2) is 133 Å². The summed E-state index contributed by atoms with van der Waals surface area (Å²) in [5, 5.41) is 5.10. The van der Waals surface area contributed by atoms with Crippen molar-refractivity contribution in [3.05, 3.63) is 150 Å². The van der Waals surface area contributed by atoms with E-state index >= 15 is 0 Å². The van der Waals surface area contributed by atoms with Crippen LogP contribution < -0.4 is 4.90 Å². The first kappa shape index (κ1) is 33.0. The first-order chi connectivity index (χ1) is 24.1. The SMILES string of the molecule is CC(C)(C)c1ccc(-c2ccc3cc4c(cc3c2)-c2cc3cc(N(c5ccc(C(C)(C)C)cc5)c5ccc(C(C)(C)C)cc5)ccc3cc2-4)cc1. The van der Waals surface area contributed by atoms with E-state index in [-0.39, 0.29) is 16.2 Å². The van der Waals surface area contributed by atoms with Gasteiger partial charge in [0.15, 0.2) is 0 Å². The fourth-order valence-corrected chi connectivity index (χ4v) is 7.56. The molecular weight excluding hydrogens is 615 g/mol. The number of rotatable bonds is 4. The summed E-state index contributed by atoms with van der Waals surface area (Å²) in [7, 11) is 0. The van der Waals surface area contributed by atoms with Crippen LogP contribution in [0.2, 0.25) is 0 Å². The molecule has 0 unspecified atom stereocenters. The van der Waals surface area contributed by atoms with E-state index in [2.05, 4.69) is 201 Å². The van der Waals surface area contributed by atoms with Gasteiger partial charge in [-0.3, -0.25) is 0 Å². The zero-order valence-electron chi connectivity index (χ0n) is 31.6. The molecule has 1 nitrogen and oxygen atoms in total. The van der Waals surface area contributed by atoms with Crippen LogP contribution in [0.3, 0.4) is 0 Å². The fourth-order valence-electron chi connectivity index (χ4n) is 7.56. The molecule has 51 heavy (non-hydrogen) atoms. The highest BCUT2D eigenvalue weighted by molar-refractivity contribution is 6.12. The van der Waals surface area contributed by atoms with Crippen molar-refractivity contribution in [1.29, 1.82) is 0 Å². The second kappa shape index (κ2) is 11.7. The molecule has 7 aromatic rings. The van der Waals surface area contributed by atoms with Gasteiger partial charge in [0.2, 0.25) is 0 Å². The maximum absolute atomic E-state index is 2.40. The Kier molecular flexibility index (Phi) is 7.58. The quantitative estimate of drug-likeness (QED) is 0.181. The largest absolute Gasteiger partial charge is 0.310 e. The normalized spacial score (nSPS) is 12.8. The maximum atomic E-state index is 2.40. The van der Waals surface area contributed by atoms with Gasteiger partial charge in [0.05, 0.1) is 0 Å². The average molecular weight is 664 g/mol. The average Bonchev–Trinajstić information content (AvgIpc) is 3.09. The molecule has 254 valence electrons. The number of anilines is 3. The molecule has 1 aliphatic rings. The molecule has 0 N–H and O–H groups in total. The van der Waals surface area contributed by atoms with Crippen molar-refractivity contribution in [3.63, 3.8) is 0 Å². The lowest BCUT2D eigenvalue weighted by Crippen LogP contribution is -2.14. The molecule has 7 aromatic carbocycles. The number of hydrogen-bond acceptors (Lipinski definition) is 1. The molecule has 0 saturated heterocycles. The Morgan fingerprint density at radius 2 is 0.627 bits per heavy atom. The van der Waals surface area contributed by atoms with Crippen LogP contribution in [-0.2, 0) is 16.2 Å². The van der Waals surface area contributed by atoms with Crippen LogP contribution in [0.5, 0.6) is 0 Å². The predicted octanol–water partition coefficient (Wildman–Crippen LogP) is 14.7. The first-order valence-corrected chi connectivity index (χ1v) is 18.4. The molecule has 0 radical (unpaired) electrons. The van der Waals surface area contributed by atoms with Gasteiger partial charge in [-0.25, -0.2) is 0 Å². The minimum Gasteiger partial charge on any atom is -0.310 e. The number of nitrogens with zero attached hydrogens (tertiary/aromatic N) is 1. The summed E-state index contributed by atoms with van der Waals surface area (Å²) in [5.41, 5.74) is 15.8. The van der Waals surface area contributed by atoms with E-state index in [9.17, 15) is 0 Å². The molecule has 0 amide bonds. The molecule has 0 fully saturated rings. The third-order valence-corrected chi connectivity index (χ3v) is 10.8. The lowest BCUT2D eigenvalue weighted by Gasteiger charge is -2.29. The molecule has 0 aliphatic heterocycles. The fraction of sp³-hybridized carbons (Fsp3) is 0.240. The Morgan fingerprint density at radius 1 is 0.294 bits per heavy atom. The van der Waals surface area contributed by atoms with Crippen molar-refractivity contribution in [2.45, 2.75) is 78.6 Å². The first-order valence-electron chi connectivity index (χ1n) is 18.4. The standard InChI is InChI=1S/C50H49N/c1-48(2,3)38-15-12-32(13-16-38)33-10-11-34-28-44-45-29-35-14-21-43(27-37(35)31-47(45)46(44)30-36(34)26-33)51(41-22-17-39(18-23-41)49(4,5)6)42-24-19-40(20-25-42)50(7,8)9/h10-31H,1-9H3. The molecular formula is C50H49N. The molecule has 0 atom stereocenters. The van der Waals surface area contributed by atoms with E-state index in [1.165, 1.54) is 71.6 Å². The summed E-state index contributed by atoms with van der Waals surface area (Å²) < 4.78 is 0. The molecule has 0 spiro atoms. The summed E-state index contributed by atoms with van der Waals surface area (Å²) >= 11 is 0. The Hall–Kier alpha value is -5.14. The van der Waals surface area contributed by atoms with Crippen LogP contribution in [-0.4, -0.2) is 0 Å². The van der Waals surface area contributed by atoms with Gasteiger partial charge >= 0.3 is 0 Å². The summed E-state index contributed by atoms with van der Waals surface area (Å²) in [6, 6.07) is 50.7. The van der Waals surface area contributed by atoms with Crippen LogP contribution in [0.1, 0.15) is 79.0 Å². The molecule has 0 aromatic heterocycles. The summed E-state index contributed by atoms with van der Waals surface area (Å²) in [5.74, 6) is 0. The number of benzene rings is 7. The lowest BCUT2D eigenvalue weighted by atomic mass is 9.77. The zero-order valence-corrected chi connectivity index (χ0v) is 31.6. The van der Waals surface area contributed by atoms with Crippen LogP contribution in [0, 0.1) is 0 Å². The van der Waals surface area contributed by atoms with Gasteiger partial charge in [0, 0.05) is 17.1 Å². The summed E-state index contributed by atoms with van der Waals surface area (Å²) in [6.45, 7) is 20.4. The summed E-state index contributed by atoms with van der Waals surface area (Å²) in [6.07, 6.45) is 0. The third kappa shape index (κ3) is 6.03.